The maximum absolute atomic E-state index is 12.2. The molecular formula is C18H19N5O4. The van der Waals surface area contributed by atoms with Crippen LogP contribution in [0.2, 0.25) is 0 Å². The largest absolute Gasteiger partial charge is 0.387 e. The van der Waals surface area contributed by atoms with Crippen molar-refractivity contribution in [3.8, 4) is 0 Å². The minimum Gasteiger partial charge on any atom is -0.387 e. The Balaban J connectivity index is 1.49. The van der Waals surface area contributed by atoms with Gasteiger partial charge in [0, 0.05) is 12.1 Å². The second-order valence-electron chi connectivity index (χ2n) is 6.41. The first kappa shape index (κ1) is 17.5. The Morgan fingerprint density at radius 3 is 2.74 bits per heavy atom. The van der Waals surface area contributed by atoms with Gasteiger partial charge in [-0.25, -0.2) is 15.0 Å². The molecule has 9 heteroatoms. The predicted octanol–water partition coefficient (Wildman–Crippen LogP) is 0.184. The van der Waals surface area contributed by atoms with E-state index in [0.29, 0.717) is 22.4 Å². The molecule has 4 unspecified atom stereocenters. The fraction of sp³-hybridized carbons (Fsp3) is 0.333. The normalized spacial score (nSPS) is 25.0. The van der Waals surface area contributed by atoms with Crippen molar-refractivity contribution in [2.24, 2.45) is 0 Å². The van der Waals surface area contributed by atoms with Gasteiger partial charge in [0.05, 0.1) is 12.0 Å². The molecule has 2 aromatic heterocycles. The number of fused-ring (bicyclic) bond motifs is 1. The minimum atomic E-state index is -1.18. The zero-order valence-electron chi connectivity index (χ0n) is 14.6. The molecule has 1 aliphatic heterocycles. The van der Waals surface area contributed by atoms with Crippen LogP contribution in [0.1, 0.15) is 22.3 Å². The van der Waals surface area contributed by atoms with Crippen molar-refractivity contribution in [1.29, 1.82) is 0 Å². The topological polar surface area (TPSA) is 122 Å². The van der Waals surface area contributed by atoms with Crippen LogP contribution in [0.3, 0.4) is 0 Å². The lowest BCUT2D eigenvalue weighted by atomic mass is 10.1. The highest BCUT2D eigenvalue weighted by atomic mass is 16.6. The standard InChI is InChI=1S/C18H19N5O4/c1-10-13-16(21-8-20-10)23(9-22-13)18-15(25)14(24)12(27-18)7-19-17(26)11-5-3-2-4-6-11/h2-6,8-9,12,14-15,18,24-25H,7H2,1H3,(H,19,26). The molecule has 1 fully saturated rings. The summed E-state index contributed by atoms with van der Waals surface area (Å²) in [6, 6.07) is 8.74. The molecule has 3 N–H and O–H groups in total. The van der Waals surface area contributed by atoms with E-state index in [0.717, 1.165) is 0 Å². The zero-order valence-corrected chi connectivity index (χ0v) is 14.6. The van der Waals surface area contributed by atoms with Crippen LogP contribution in [-0.2, 0) is 4.74 Å². The quantitative estimate of drug-likeness (QED) is 0.600. The number of hydrogen-bond donors (Lipinski definition) is 3. The van der Waals surface area contributed by atoms with Gasteiger partial charge in [-0.2, -0.15) is 0 Å². The molecule has 0 radical (unpaired) electrons. The molecule has 1 saturated heterocycles. The number of benzene rings is 1. The van der Waals surface area contributed by atoms with Crippen LogP contribution in [-0.4, -0.2) is 60.5 Å². The first-order valence-electron chi connectivity index (χ1n) is 8.55. The predicted molar refractivity (Wildman–Crippen MR) is 94.8 cm³/mol. The second kappa shape index (κ2) is 7.03. The third kappa shape index (κ3) is 3.16. The Kier molecular flexibility index (Phi) is 4.56. The zero-order chi connectivity index (χ0) is 19.0. The van der Waals surface area contributed by atoms with Crippen molar-refractivity contribution in [2.45, 2.75) is 31.5 Å². The van der Waals surface area contributed by atoms with Gasteiger partial charge in [0.15, 0.2) is 11.9 Å². The summed E-state index contributed by atoms with van der Waals surface area (Å²) >= 11 is 0. The number of amides is 1. The van der Waals surface area contributed by atoms with Crippen LogP contribution in [0.15, 0.2) is 43.0 Å². The van der Waals surface area contributed by atoms with Gasteiger partial charge in [-0.1, -0.05) is 18.2 Å². The lowest BCUT2D eigenvalue weighted by Crippen LogP contribution is -2.39. The molecule has 140 valence electrons. The van der Waals surface area contributed by atoms with Crippen LogP contribution >= 0.6 is 0 Å². The number of hydrogen-bond acceptors (Lipinski definition) is 7. The number of carbonyl (C=O) groups excluding carboxylic acids is 1. The van der Waals surface area contributed by atoms with Gasteiger partial charge in [-0.15, -0.1) is 0 Å². The van der Waals surface area contributed by atoms with Crippen LogP contribution in [0, 0.1) is 6.92 Å². The SMILES string of the molecule is Cc1ncnc2c1ncn2C1OC(CNC(=O)c2ccccc2)C(O)C1O. The van der Waals surface area contributed by atoms with Gasteiger partial charge < -0.3 is 20.3 Å². The van der Waals surface area contributed by atoms with Crippen molar-refractivity contribution in [3.63, 3.8) is 0 Å². The summed E-state index contributed by atoms with van der Waals surface area (Å²) in [5.74, 6) is -0.277. The number of ether oxygens (including phenoxy) is 1. The fourth-order valence-corrected chi connectivity index (χ4v) is 3.17. The molecule has 4 rings (SSSR count). The Morgan fingerprint density at radius 2 is 1.96 bits per heavy atom. The molecule has 9 nitrogen and oxygen atoms in total. The summed E-state index contributed by atoms with van der Waals surface area (Å²) in [6.45, 7) is 1.87. The van der Waals surface area contributed by atoms with Crippen LogP contribution in [0.25, 0.3) is 11.2 Å². The Morgan fingerprint density at radius 1 is 1.19 bits per heavy atom. The molecule has 1 aliphatic rings. The maximum Gasteiger partial charge on any atom is 0.251 e. The van der Waals surface area contributed by atoms with Crippen molar-refractivity contribution in [2.75, 3.05) is 6.54 Å². The smallest absolute Gasteiger partial charge is 0.251 e. The molecule has 27 heavy (non-hydrogen) atoms. The summed E-state index contributed by atoms with van der Waals surface area (Å²) in [7, 11) is 0. The summed E-state index contributed by atoms with van der Waals surface area (Å²) < 4.78 is 7.38. The second-order valence-corrected chi connectivity index (χ2v) is 6.41. The van der Waals surface area contributed by atoms with Crippen LogP contribution in [0.4, 0.5) is 0 Å². The number of imidazole rings is 1. The lowest BCUT2D eigenvalue weighted by molar-refractivity contribution is -0.0337. The maximum atomic E-state index is 12.2. The fourth-order valence-electron chi connectivity index (χ4n) is 3.17. The average Bonchev–Trinajstić information content (AvgIpc) is 3.23. The highest BCUT2D eigenvalue weighted by Gasteiger charge is 2.44. The number of aryl methyl sites for hydroxylation is 1. The first-order valence-corrected chi connectivity index (χ1v) is 8.55. The van der Waals surface area contributed by atoms with E-state index >= 15 is 0 Å². The number of aliphatic hydroxyl groups excluding tert-OH is 2. The average molecular weight is 369 g/mol. The summed E-state index contributed by atoms with van der Waals surface area (Å²) in [5, 5.41) is 23.5. The number of nitrogens with zero attached hydrogens (tertiary/aromatic N) is 4. The Bertz CT molecular complexity index is 961. The van der Waals surface area contributed by atoms with E-state index in [1.807, 2.05) is 13.0 Å². The van der Waals surface area contributed by atoms with Crippen molar-refractivity contribution < 1.29 is 19.7 Å². The summed E-state index contributed by atoms with van der Waals surface area (Å²) in [6.07, 6.45) is -1.07. The Labute approximate surface area is 154 Å². The highest BCUT2D eigenvalue weighted by Crippen LogP contribution is 2.31. The summed E-state index contributed by atoms with van der Waals surface area (Å²) in [4.78, 5) is 24.7. The molecule has 3 aromatic rings. The molecule has 3 heterocycles. The molecule has 4 atom stereocenters. The number of nitrogens with one attached hydrogen (secondary N) is 1. The van der Waals surface area contributed by atoms with E-state index < -0.39 is 24.5 Å². The lowest BCUT2D eigenvalue weighted by Gasteiger charge is -2.16. The molecule has 1 amide bonds. The van der Waals surface area contributed by atoms with E-state index in [-0.39, 0.29) is 12.5 Å². The molecular weight excluding hydrogens is 350 g/mol. The van der Waals surface area contributed by atoms with Crippen LogP contribution in [0.5, 0.6) is 0 Å². The van der Waals surface area contributed by atoms with Gasteiger partial charge in [-0.3, -0.25) is 9.36 Å². The summed E-state index contributed by atoms with van der Waals surface area (Å²) in [5.41, 5.74) is 2.32. The minimum absolute atomic E-state index is 0.0586. The number of rotatable bonds is 4. The van der Waals surface area contributed by atoms with E-state index in [2.05, 4.69) is 20.3 Å². The Hall–Kier alpha value is -2.88. The van der Waals surface area contributed by atoms with Crippen molar-refractivity contribution >= 4 is 17.1 Å². The molecule has 0 bridgehead atoms. The van der Waals surface area contributed by atoms with Gasteiger partial charge in [-0.05, 0) is 19.1 Å². The first-order chi connectivity index (χ1) is 13.1. The van der Waals surface area contributed by atoms with Crippen LogP contribution < -0.4 is 5.32 Å². The van der Waals surface area contributed by atoms with E-state index in [1.54, 1.807) is 28.8 Å². The molecule has 1 aromatic carbocycles. The third-order valence-corrected chi connectivity index (χ3v) is 4.65. The van der Waals surface area contributed by atoms with E-state index in [1.165, 1.54) is 12.7 Å². The molecule has 0 saturated carbocycles. The third-order valence-electron chi connectivity index (χ3n) is 4.65. The molecule has 0 spiro atoms. The van der Waals surface area contributed by atoms with Gasteiger partial charge in [0.25, 0.3) is 5.91 Å². The monoisotopic (exact) mass is 369 g/mol. The number of aromatic nitrogens is 4. The van der Waals surface area contributed by atoms with Gasteiger partial charge in [0.1, 0.15) is 30.2 Å². The number of carbonyl (C=O) groups is 1. The van der Waals surface area contributed by atoms with Crippen molar-refractivity contribution in [3.05, 3.63) is 54.2 Å². The highest BCUT2D eigenvalue weighted by molar-refractivity contribution is 5.94. The molecule has 0 aliphatic carbocycles. The van der Waals surface area contributed by atoms with E-state index in [9.17, 15) is 15.0 Å². The van der Waals surface area contributed by atoms with Crippen molar-refractivity contribution in [1.82, 2.24) is 24.8 Å². The van der Waals surface area contributed by atoms with E-state index in [4.69, 9.17) is 4.74 Å². The van der Waals surface area contributed by atoms with Gasteiger partial charge in [0.2, 0.25) is 0 Å². The van der Waals surface area contributed by atoms with Gasteiger partial charge >= 0.3 is 0 Å². The number of aliphatic hydroxyl groups is 2.